The van der Waals surface area contributed by atoms with Crippen LogP contribution in [0.4, 0.5) is 0 Å². The van der Waals surface area contributed by atoms with Crippen LogP contribution in [0.5, 0.6) is 0 Å². The first kappa shape index (κ1) is 11.4. The summed E-state index contributed by atoms with van der Waals surface area (Å²) in [6.07, 6.45) is 0.463. The Morgan fingerprint density at radius 2 is 2.33 bits per heavy atom. The highest BCUT2D eigenvalue weighted by molar-refractivity contribution is 7.80. The third kappa shape index (κ3) is 2.64. The second kappa shape index (κ2) is 4.71. The Morgan fingerprint density at radius 1 is 1.67 bits per heavy atom. The van der Waals surface area contributed by atoms with Gasteiger partial charge >= 0.3 is 0 Å². The summed E-state index contributed by atoms with van der Waals surface area (Å²) in [5, 5.41) is 8.70. The molecule has 1 heterocycles. The lowest BCUT2D eigenvalue weighted by molar-refractivity contribution is 0.671. The molecular formula is C10H11N3OS. The van der Waals surface area contributed by atoms with E-state index in [0.29, 0.717) is 18.0 Å². The molecule has 0 saturated carbocycles. The Bertz CT molecular complexity index is 484. The van der Waals surface area contributed by atoms with E-state index >= 15 is 0 Å². The first-order chi connectivity index (χ1) is 7.06. The topological polar surface area (TPSA) is 71.8 Å². The van der Waals surface area contributed by atoms with Gasteiger partial charge in [-0.05, 0) is 19.1 Å². The Kier molecular flexibility index (Phi) is 3.58. The summed E-state index contributed by atoms with van der Waals surface area (Å²) in [7, 11) is 0. The minimum atomic E-state index is -0.284. The SMILES string of the molecule is Cc1ccc(C#N)c(=O)n1CCC(N)=S. The molecule has 2 N–H and O–H groups in total. The zero-order valence-corrected chi connectivity index (χ0v) is 9.17. The lowest BCUT2D eigenvalue weighted by Crippen LogP contribution is -2.26. The molecule has 15 heavy (non-hydrogen) atoms. The van der Waals surface area contributed by atoms with E-state index in [1.807, 2.05) is 13.0 Å². The van der Waals surface area contributed by atoms with Crippen LogP contribution in [0.3, 0.4) is 0 Å². The fourth-order valence-corrected chi connectivity index (χ4v) is 1.35. The summed E-state index contributed by atoms with van der Waals surface area (Å²) in [5.41, 5.74) is 6.02. The highest BCUT2D eigenvalue weighted by Crippen LogP contribution is 1.99. The second-order valence-electron chi connectivity index (χ2n) is 3.17. The number of hydrogen-bond acceptors (Lipinski definition) is 3. The monoisotopic (exact) mass is 221 g/mol. The lowest BCUT2D eigenvalue weighted by Gasteiger charge is -2.08. The summed E-state index contributed by atoms with van der Waals surface area (Å²) < 4.78 is 1.51. The number of rotatable bonds is 3. The highest BCUT2D eigenvalue weighted by Gasteiger charge is 2.05. The molecular weight excluding hydrogens is 210 g/mol. The van der Waals surface area contributed by atoms with Crippen LogP contribution in [0.1, 0.15) is 17.7 Å². The van der Waals surface area contributed by atoms with Crippen LogP contribution in [0.25, 0.3) is 0 Å². The van der Waals surface area contributed by atoms with Crippen molar-refractivity contribution in [3.05, 3.63) is 33.7 Å². The maximum Gasteiger partial charge on any atom is 0.268 e. The van der Waals surface area contributed by atoms with E-state index in [1.165, 1.54) is 10.6 Å². The number of aromatic nitrogens is 1. The van der Waals surface area contributed by atoms with Gasteiger partial charge in [0.25, 0.3) is 5.56 Å². The van der Waals surface area contributed by atoms with Gasteiger partial charge in [0.15, 0.2) is 0 Å². The van der Waals surface area contributed by atoms with E-state index in [9.17, 15) is 4.79 Å². The summed E-state index contributed by atoms with van der Waals surface area (Å²) >= 11 is 4.74. The molecule has 78 valence electrons. The fourth-order valence-electron chi connectivity index (χ4n) is 1.26. The summed E-state index contributed by atoms with van der Waals surface area (Å²) in [5.74, 6) is 0. The molecule has 5 heteroatoms. The first-order valence-electron chi connectivity index (χ1n) is 4.45. The van der Waals surface area contributed by atoms with Gasteiger partial charge in [0.1, 0.15) is 11.6 Å². The number of pyridine rings is 1. The van der Waals surface area contributed by atoms with Crippen molar-refractivity contribution in [2.24, 2.45) is 5.73 Å². The number of nitrogens with two attached hydrogens (primary N) is 1. The smallest absolute Gasteiger partial charge is 0.268 e. The number of nitriles is 1. The van der Waals surface area contributed by atoms with Crippen molar-refractivity contribution in [2.45, 2.75) is 19.9 Å². The van der Waals surface area contributed by atoms with Crippen LogP contribution in [0, 0.1) is 18.3 Å². The Morgan fingerprint density at radius 3 is 2.87 bits per heavy atom. The summed E-state index contributed by atoms with van der Waals surface area (Å²) in [6.45, 7) is 2.23. The average molecular weight is 221 g/mol. The van der Waals surface area contributed by atoms with E-state index < -0.39 is 0 Å². The van der Waals surface area contributed by atoms with Crippen LogP contribution in [0.2, 0.25) is 0 Å². The predicted molar refractivity (Wildman–Crippen MR) is 61.6 cm³/mol. The average Bonchev–Trinajstić information content (AvgIpc) is 2.17. The van der Waals surface area contributed by atoms with Crippen molar-refractivity contribution in [3.8, 4) is 6.07 Å². The Balaban J connectivity index is 3.11. The zero-order valence-electron chi connectivity index (χ0n) is 8.36. The standard InChI is InChI=1S/C10H11N3OS/c1-7-2-3-8(6-11)10(14)13(7)5-4-9(12)15/h2-3H,4-5H2,1H3,(H2,12,15). The maximum atomic E-state index is 11.7. The first-order valence-corrected chi connectivity index (χ1v) is 4.86. The minimum absolute atomic E-state index is 0.142. The lowest BCUT2D eigenvalue weighted by atomic mass is 10.2. The van der Waals surface area contributed by atoms with Gasteiger partial charge in [0.05, 0.1) is 4.99 Å². The molecule has 0 unspecified atom stereocenters. The van der Waals surface area contributed by atoms with Crippen molar-refractivity contribution >= 4 is 17.2 Å². The molecule has 0 bridgehead atoms. The number of hydrogen-bond donors (Lipinski definition) is 1. The Hall–Kier alpha value is -1.67. The number of thiocarbonyl (C=S) groups is 1. The van der Waals surface area contributed by atoms with Crippen molar-refractivity contribution in [1.29, 1.82) is 5.26 Å². The van der Waals surface area contributed by atoms with Crippen molar-refractivity contribution in [1.82, 2.24) is 4.57 Å². The van der Waals surface area contributed by atoms with E-state index in [4.69, 9.17) is 23.2 Å². The molecule has 4 nitrogen and oxygen atoms in total. The molecule has 0 aliphatic heterocycles. The van der Waals surface area contributed by atoms with Gasteiger partial charge in [0.2, 0.25) is 0 Å². The van der Waals surface area contributed by atoms with Crippen LogP contribution in [-0.2, 0) is 6.54 Å². The van der Waals surface area contributed by atoms with Crippen molar-refractivity contribution in [3.63, 3.8) is 0 Å². The van der Waals surface area contributed by atoms with Gasteiger partial charge in [-0.25, -0.2) is 0 Å². The normalized spacial score (nSPS) is 9.60. The maximum absolute atomic E-state index is 11.7. The molecule has 0 amide bonds. The molecule has 0 spiro atoms. The van der Waals surface area contributed by atoms with Crippen LogP contribution in [-0.4, -0.2) is 9.56 Å². The molecule has 1 aromatic heterocycles. The number of aryl methyl sites for hydroxylation is 1. The van der Waals surface area contributed by atoms with Gasteiger partial charge in [-0.3, -0.25) is 4.79 Å². The fraction of sp³-hybridized carbons (Fsp3) is 0.300. The molecule has 0 fully saturated rings. The minimum Gasteiger partial charge on any atom is -0.393 e. The number of nitrogens with zero attached hydrogens (tertiary/aromatic N) is 2. The highest BCUT2D eigenvalue weighted by atomic mass is 32.1. The zero-order chi connectivity index (χ0) is 11.4. The molecule has 0 aromatic carbocycles. The molecule has 0 aliphatic carbocycles. The van der Waals surface area contributed by atoms with Gasteiger partial charge < -0.3 is 10.3 Å². The predicted octanol–water partition coefficient (Wildman–Crippen LogP) is 0.705. The van der Waals surface area contributed by atoms with E-state index in [2.05, 4.69) is 0 Å². The largest absolute Gasteiger partial charge is 0.393 e. The third-order valence-corrected chi connectivity index (χ3v) is 2.30. The quantitative estimate of drug-likeness (QED) is 0.763. The van der Waals surface area contributed by atoms with Crippen LogP contribution in [0.15, 0.2) is 16.9 Å². The molecule has 0 atom stereocenters. The molecule has 0 saturated heterocycles. The second-order valence-corrected chi connectivity index (χ2v) is 3.70. The van der Waals surface area contributed by atoms with E-state index in [-0.39, 0.29) is 11.1 Å². The Labute approximate surface area is 92.9 Å². The van der Waals surface area contributed by atoms with Crippen molar-refractivity contribution < 1.29 is 0 Å². The molecule has 0 aliphatic rings. The van der Waals surface area contributed by atoms with E-state index in [0.717, 1.165) is 5.69 Å². The molecule has 0 radical (unpaired) electrons. The van der Waals surface area contributed by atoms with Gasteiger partial charge in [-0.2, -0.15) is 5.26 Å². The van der Waals surface area contributed by atoms with E-state index in [1.54, 1.807) is 6.07 Å². The molecule has 1 rings (SSSR count). The van der Waals surface area contributed by atoms with Gasteiger partial charge in [-0.15, -0.1) is 0 Å². The van der Waals surface area contributed by atoms with Gasteiger partial charge in [-0.1, -0.05) is 12.2 Å². The van der Waals surface area contributed by atoms with Gasteiger partial charge in [0, 0.05) is 18.7 Å². The van der Waals surface area contributed by atoms with Crippen LogP contribution >= 0.6 is 12.2 Å². The summed E-state index contributed by atoms with van der Waals surface area (Å²) in [6, 6.07) is 5.11. The van der Waals surface area contributed by atoms with Crippen molar-refractivity contribution in [2.75, 3.05) is 0 Å². The summed E-state index contributed by atoms with van der Waals surface area (Å²) in [4.78, 5) is 12.1. The molecule has 1 aromatic rings. The third-order valence-electron chi connectivity index (χ3n) is 2.09. The van der Waals surface area contributed by atoms with Crippen LogP contribution < -0.4 is 11.3 Å².